The molecule has 0 bridgehead atoms. The standard InChI is InChI=1S/C20H33N3O2/c1-16-8-6-12-23(15-16)17(2)14-21-20(25)22-19(11-7-13-24)18-9-4-3-5-10-18/h3-5,9-10,16-17,19,24H,6-8,11-15H2,1-2H3,(H2,21,22,25). The van der Waals surface area contributed by atoms with Crippen LogP contribution in [0.4, 0.5) is 4.79 Å². The van der Waals surface area contributed by atoms with Crippen LogP contribution < -0.4 is 10.6 Å². The zero-order valence-electron chi connectivity index (χ0n) is 15.6. The molecule has 1 aromatic carbocycles. The molecule has 1 aromatic rings. The SMILES string of the molecule is CC1CCCN(C(C)CNC(=O)NC(CCCO)c2ccccc2)C1. The van der Waals surface area contributed by atoms with Gasteiger partial charge in [-0.2, -0.15) is 0 Å². The van der Waals surface area contributed by atoms with Gasteiger partial charge < -0.3 is 15.7 Å². The lowest BCUT2D eigenvalue weighted by Gasteiger charge is -2.35. The van der Waals surface area contributed by atoms with E-state index in [2.05, 4.69) is 29.4 Å². The molecule has 0 aliphatic carbocycles. The Morgan fingerprint density at radius 1 is 1.36 bits per heavy atom. The summed E-state index contributed by atoms with van der Waals surface area (Å²) in [6.45, 7) is 7.51. The normalized spacial score (nSPS) is 20.7. The largest absolute Gasteiger partial charge is 0.396 e. The monoisotopic (exact) mass is 347 g/mol. The van der Waals surface area contributed by atoms with Gasteiger partial charge in [0.05, 0.1) is 6.04 Å². The van der Waals surface area contributed by atoms with E-state index in [1.54, 1.807) is 0 Å². The first-order valence-corrected chi connectivity index (χ1v) is 9.54. The summed E-state index contributed by atoms with van der Waals surface area (Å²) in [5.74, 6) is 0.742. The molecule has 0 aromatic heterocycles. The number of hydrogen-bond donors (Lipinski definition) is 3. The maximum absolute atomic E-state index is 12.3. The fraction of sp³-hybridized carbons (Fsp3) is 0.650. The molecule has 0 spiro atoms. The molecular formula is C20H33N3O2. The number of nitrogens with zero attached hydrogens (tertiary/aromatic N) is 1. The van der Waals surface area contributed by atoms with Crippen molar-refractivity contribution in [1.82, 2.24) is 15.5 Å². The molecule has 1 aliphatic rings. The average Bonchev–Trinajstić information content (AvgIpc) is 2.63. The Kier molecular flexibility index (Phi) is 8.22. The Bertz CT molecular complexity index is 509. The summed E-state index contributed by atoms with van der Waals surface area (Å²) < 4.78 is 0. The second kappa shape index (κ2) is 10.4. The number of rotatable bonds is 8. The number of piperidine rings is 1. The highest BCUT2D eigenvalue weighted by Crippen LogP contribution is 2.19. The van der Waals surface area contributed by atoms with Crippen LogP contribution in [0.1, 0.15) is 51.1 Å². The summed E-state index contributed by atoms with van der Waals surface area (Å²) in [7, 11) is 0. The van der Waals surface area contributed by atoms with Crippen molar-refractivity contribution in [3.8, 4) is 0 Å². The molecule has 2 rings (SSSR count). The summed E-state index contributed by atoms with van der Waals surface area (Å²) in [5, 5.41) is 15.2. The van der Waals surface area contributed by atoms with Gasteiger partial charge in [0.2, 0.25) is 0 Å². The van der Waals surface area contributed by atoms with Crippen LogP contribution in [0.2, 0.25) is 0 Å². The smallest absolute Gasteiger partial charge is 0.315 e. The number of likely N-dealkylation sites (tertiary alicyclic amines) is 1. The van der Waals surface area contributed by atoms with Crippen LogP contribution in [0, 0.1) is 5.92 Å². The molecule has 1 fully saturated rings. The number of aliphatic hydroxyl groups excluding tert-OH is 1. The first-order chi connectivity index (χ1) is 12.1. The van der Waals surface area contributed by atoms with Crippen molar-refractivity contribution < 1.29 is 9.90 Å². The number of amides is 2. The molecule has 140 valence electrons. The molecule has 1 saturated heterocycles. The van der Waals surface area contributed by atoms with Crippen LogP contribution in [0.3, 0.4) is 0 Å². The molecule has 1 heterocycles. The van der Waals surface area contributed by atoms with Crippen LogP contribution in [-0.2, 0) is 0 Å². The van der Waals surface area contributed by atoms with Gasteiger partial charge in [-0.25, -0.2) is 4.79 Å². The van der Waals surface area contributed by atoms with Crippen molar-refractivity contribution in [2.24, 2.45) is 5.92 Å². The third kappa shape index (κ3) is 6.67. The van der Waals surface area contributed by atoms with E-state index in [4.69, 9.17) is 5.11 Å². The number of hydrogen-bond acceptors (Lipinski definition) is 3. The number of urea groups is 1. The fourth-order valence-electron chi connectivity index (χ4n) is 3.51. The van der Waals surface area contributed by atoms with Crippen molar-refractivity contribution in [3.05, 3.63) is 35.9 Å². The van der Waals surface area contributed by atoms with Crippen molar-refractivity contribution in [2.75, 3.05) is 26.2 Å². The summed E-state index contributed by atoms with van der Waals surface area (Å²) in [4.78, 5) is 14.8. The van der Waals surface area contributed by atoms with Gasteiger partial charge in [0, 0.05) is 25.7 Å². The molecule has 3 N–H and O–H groups in total. The number of aliphatic hydroxyl groups is 1. The van der Waals surface area contributed by atoms with Crippen LogP contribution in [0.5, 0.6) is 0 Å². The molecule has 5 heteroatoms. The highest BCUT2D eigenvalue weighted by Gasteiger charge is 2.21. The van der Waals surface area contributed by atoms with E-state index in [0.717, 1.165) is 31.0 Å². The quantitative estimate of drug-likeness (QED) is 0.677. The second-order valence-corrected chi connectivity index (χ2v) is 7.27. The second-order valence-electron chi connectivity index (χ2n) is 7.27. The average molecular weight is 348 g/mol. The van der Waals surface area contributed by atoms with Crippen molar-refractivity contribution in [2.45, 2.75) is 51.6 Å². The number of carbonyl (C=O) groups excluding carboxylic acids is 1. The third-order valence-corrected chi connectivity index (χ3v) is 5.03. The molecule has 3 atom stereocenters. The van der Waals surface area contributed by atoms with Crippen molar-refractivity contribution in [3.63, 3.8) is 0 Å². The van der Waals surface area contributed by atoms with Gasteiger partial charge in [-0.15, -0.1) is 0 Å². The van der Waals surface area contributed by atoms with Crippen LogP contribution in [-0.4, -0.2) is 48.3 Å². The van der Waals surface area contributed by atoms with Crippen LogP contribution >= 0.6 is 0 Å². The van der Waals surface area contributed by atoms with E-state index in [9.17, 15) is 4.79 Å². The maximum Gasteiger partial charge on any atom is 0.315 e. The summed E-state index contributed by atoms with van der Waals surface area (Å²) in [6.07, 6.45) is 3.95. The van der Waals surface area contributed by atoms with E-state index >= 15 is 0 Å². The number of nitrogens with one attached hydrogen (secondary N) is 2. The molecular weight excluding hydrogens is 314 g/mol. The van der Waals surface area contributed by atoms with Gasteiger partial charge in [-0.1, -0.05) is 37.3 Å². The van der Waals surface area contributed by atoms with E-state index in [1.165, 1.54) is 12.8 Å². The van der Waals surface area contributed by atoms with Gasteiger partial charge in [0.25, 0.3) is 0 Å². The fourth-order valence-corrected chi connectivity index (χ4v) is 3.51. The van der Waals surface area contributed by atoms with E-state index < -0.39 is 0 Å². The Hall–Kier alpha value is -1.59. The van der Waals surface area contributed by atoms with E-state index in [-0.39, 0.29) is 18.7 Å². The lowest BCUT2D eigenvalue weighted by molar-refractivity contribution is 0.137. The predicted octanol–water partition coefficient (Wildman–Crippen LogP) is 2.92. The molecule has 3 unspecified atom stereocenters. The Morgan fingerprint density at radius 2 is 2.12 bits per heavy atom. The van der Waals surface area contributed by atoms with Crippen LogP contribution in [0.15, 0.2) is 30.3 Å². The van der Waals surface area contributed by atoms with E-state index in [0.29, 0.717) is 19.0 Å². The number of benzene rings is 1. The summed E-state index contributed by atoms with van der Waals surface area (Å²) >= 11 is 0. The summed E-state index contributed by atoms with van der Waals surface area (Å²) in [5.41, 5.74) is 1.07. The van der Waals surface area contributed by atoms with Gasteiger partial charge >= 0.3 is 6.03 Å². The molecule has 1 aliphatic heterocycles. The Labute approximate surface area is 151 Å². The highest BCUT2D eigenvalue weighted by molar-refractivity contribution is 5.74. The zero-order chi connectivity index (χ0) is 18.1. The van der Waals surface area contributed by atoms with Crippen LogP contribution in [0.25, 0.3) is 0 Å². The van der Waals surface area contributed by atoms with Gasteiger partial charge in [0.15, 0.2) is 0 Å². The van der Waals surface area contributed by atoms with Crippen molar-refractivity contribution >= 4 is 6.03 Å². The molecule has 2 amide bonds. The first kappa shape index (κ1) is 19.7. The Morgan fingerprint density at radius 3 is 2.80 bits per heavy atom. The maximum atomic E-state index is 12.3. The topological polar surface area (TPSA) is 64.6 Å². The molecule has 0 radical (unpaired) electrons. The third-order valence-electron chi connectivity index (χ3n) is 5.03. The predicted molar refractivity (Wildman–Crippen MR) is 101 cm³/mol. The van der Waals surface area contributed by atoms with Gasteiger partial charge in [0.1, 0.15) is 0 Å². The molecule has 0 saturated carbocycles. The van der Waals surface area contributed by atoms with Gasteiger partial charge in [-0.3, -0.25) is 4.90 Å². The lowest BCUT2D eigenvalue weighted by atomic mass is 9.99. The Balaban J connectivity index is 1.82. The minimum absolute atomic E-state index is 0.0707. The van der Waals surface area contributed by atoms with E-state index in [1.807, 2.05) is 30.3 Å². The number of carbonyl (C=O) groups is 1. The molecule has 5 nitrogen and oxygen atoms in total. The first-order valence-electron chi connectivity index (χ1n) is 9.54. The minimum atomic E-state index is -0.135. The minimum Gasteiger partial charge on any atom is -0.396 e. The molecule has 25 heavy (non-hydrogen) atoms. The lowest BCUT2D eigenvalue weighted by Crippen LogP contribution is -2.48. The highest BCUT2D eigenvalue weighted by atomic mass is 16.3. The zero-order valence-corrected chi connectivity index (χ0v) is 15.6. The van der Waals surface area contributed by atoms with Crippen molar-refractivity contribution in [1.29, 1.82) is 0 Å². The summed E-state index contributed by atoms with van der Waals surface area (Å²) in [6, 6.07) is 10.1. The van der Waals surface area contributed by atoms with Gasteiger partial charge in [-0.05, 0) is 50.6 Å².